The van der Waals surface area contributed by atoms with Gasteiger partial charge in [0, 0.05) is 25.7 Å². The number of carbonyl (C=O) groups excluding carboxylic acids is 1. The number of amides is 1. The first-order valence-corrected chi connectivity index (χ1v) is 7.75. The van der Waals surface area contributed by atoms with Crippen molar-refractivity contribution in [3.05, 3.63) is 52.8 Å². The molecule has 1 aromatic heterocycles. The maximum atomic E-state index is 12.6. The van der Waals surface area contributed by atoms with Crippen molar-refractivity contribution in [3.8, 4) is 0 Å². The molecule has 0 fully saturated rings. The molecule has 1 amide bonds. The molecule has 130 valence electrons. The van der Waals surface area contributed by atoms with Crippen molar-refractivity contribution in [2.24, 2.45) is 0 Å². The van der Waals surface area contributed by atoms with Crippen LogP contribution in [0.4, 0.5) is 13.2 Å². The lowest BCUT2D eigenvalue weighted by Crippen LogP contribution is -2.23. The normalized spacial score (nSPS) is 11.5. The third kappa shape index (κ3) is 4.84. The smallest absolute Gasteiger partial charge is 0.352 e. The van der Waals surface area contributed by atoms with E-state index in [9.17, 15) is 18.0 Å². The van der Waals surface area contributed by atoms with Gasteiger partial charge in [0.25, 0.3) is 0 Å². The van der Waals surface area contributed by atoms with Gasteiger partial charge in [-0.3, -0.25) is 9.48 Å². The molecule has 0 bridgehead atoms. The number of alkyl halides is 3. The van der Waals surface area contributed by atoms with E-state index >= 15 is 0 Å². The van der Waals surface area contributed by atoms with Gasteiger partial charge >= 0.3 is 6.18 Å². The largest absolute Gasteiger partial charge is 0.416 e. The van der Waals surface area contributed by atoms with Gasteiger partial charge in [-0.15, -0.1) is 0 Å². The van der Waals surface area contributed by atoms with Gasteiger partial charge in [-0.05, 0) is 43.5 Å². The number of halogens is 3. The number of carbonyl (C=O) groups is 1. The molecule has 0 saturated heterocycles. The summed E-state index contributed by atoms with van der Waals surface area (Å²) in [4.78, 5) is 11.9. The van der Waals surface area contributed by atoms with Crippen LogP contribution in [0.1, 0.15) is 35.7 Å². The van der Waals surface area contributed by atoms with Gasteiger partial charge in [0.2, 0.25) is 5.91 Å². The standard InChI is InChI=1S/C17H20F3N3O/c1-3-23-11-14(12(2)22-23)7-8-16(24)21-10-13-5-4-6-15(9-13)17(18,19)20/h4-6,9,11H,3,7-8,10H2,1-2H3,(H,21,24). The van der Waals surface area contributed by atoms with E-state index in [1.54, 1.807) is 6.07 Å². The average molecular weight is 339 g/mol. The van der Waals surface area contributed by atoms with Gasteiger partial charge in [0.15, 0.2) is 0 Å². The maximum absolute atomic E-state index is 12.6. The molecule has 0 unspecified atom stereocenters. The summed E-state index contributed by atoms with van der Waals surface area (Å²) in [6.45, 7) is 4.72. The molecule has 1 aromatic carbocycles. The van der Waals surface area contributed by atoms with E-state index in [2.05, 4.69) is 10.4 Å². The number of rotatable bonds is 6. The van der Waals surface area contributed by atoms with Crippen molar-refractivity contribution in [1.82, 2.24) is 15.1 Å². The van der Waals surface area contributed by atoms with Crippen molar-refractivity contribution in [2.75, 3.05) is 0 Å². The number of hydrogen-bond donors (Lipinski definition) is 1. The number of aromatic nitrogens is 2. The second-order valence-electron chi connectivity index (χ2n) is 5.57. The van der Waals surface area contributed by atoms with Gasteiger partial charge in [-0.1, -0.05) is 12.1 Å². The quantitative estimate of drug-likeness (QED) is 0.876. The molecular weight excluding hydrogens is 319 g/mol. The third-order valence-corrected chi connectivity index (χ3v) is 3.74. The molecule has 0 aliphatic heterocycles. The molecule has 2 rings (SSSR count). The molecular formula is C17H20F3N3O. The first kappa shape index (κ1) is 18.0. The van der Waals surface area contributed by atoms with Gasteiger partial charge < -0.3 is 5.32 Å². The topological polar surface area (TPSA) is 46.9 Å². The molecule has 7 heteroatoms. The fraction of sp³-hybridized carbons (Fsp3) is 0.412. The molecule has 24 heavy (non-hydrogen) atoms. The van der Waals surface area contributed by atoms with Gasteiger partial charge in [0.1, 0.15) is 0 Å². The van der Waals surface area contributed by atoms with Crippen LogP contribution in [0, 0.1) is 6.92 Å². The average Bonchev–Trinajstić information content (AvgIpc) is 2.90. The molecule has 0 atom stereocenters. The van der Waals surface area contributed by atoms with E-state index in [-0.39, 0.29) is 18.9 Å². The van der Waals surface area contributed by atoms with Crippen molar-refractivity contribution in [1.29, 1.82) is 0 Å². The highest BCUT2D eigenvalue weighted by atomic mass is 19.4. The molecule has 1 heterocycles. The second-order valence-corrected chi connectivity index (χ2v) is 5.57. The zero-order chi connectivity index (χ0) is 17.7. The maximum Gasteiger partial charge on any atom is 0.416 e. The molecule has 4 nitrogen and oxygen atoms in total. The van der Waals surface area contributed by atoms with Crippen LogP contribution in [0.3, 0.4) is 0 Å². The lowest BCUT2D eigenvalue weighted by Gasteiger charge is -2.09. The fourth-order valence-corrected chi connectivity index (χ4v) is 2.36. The molecule has 0 aliphatic carbocycles. The van der Waals surface area contributed by atoms with Gasteiger partial charge in [0.05, 0.1) is 11.3 Å². The Balaban J connectivity index is 1.86. The highest BCUT2D eigenvalue weighted by Crippen LogP contribution is 2.29. The summed E-state index contributed by atoms with van der Waals surface area (Å²) >= 11 is 0. The lowest BCUT2D eigenvalue weighted by atomic mass is 10.1. The SMILES string of the molecule is CCn1cc(CCC(=O)NCc2cccc(C(F)(F)F)c2)c(C)n1. The zero-order valence-corrected chi connectivity index (χ0v) is 13.7. The van der Waals surface area contributed by atoms with E-state index < -0.39 is 11.7 Å². The molecule has 0 spiro atoms. The Labute approximate surface area is 138 Å². The summed E-state index contributed by atoms with van der Waals surface area (Å²) in [7, 11) is 0. The summed E-state index contributed by atoms with van der Waals surface area (Å²) in [5.41, 5.74) is 1.61. The Kier molecular flexibility index (Phi) is 5.64. The van der Waals surface area contributed by atoms with E-state index in [0.29, 0.717) is 12.0 Å². The summed E-state index contributed by atoms with van der Waals surface area (Å²) in [6.07, 6.45) is -1.64. The van der Waals surface area contributed by atoms with Crippen molar-refractivity contribution < 1.29 is 18.0 Å². The Morgan fingerprint density at radius 3 is 2.71 bits per heavy atom. The minimum atomic E-state index is -4.38. The monoisotopic (exact) mass is 339 g/mol. The number of nitrogens with one attached hydrogen (secondary N) is 1. The Morgan fingerprint density at radius 1 is 1.33 bits per heavy atom. The lowest BCUT2D eigenvalue weighted by molar-refractivity contribution is -0.137. The Morgan fingerprint density at radius 2 is 2.08 bits per heavy atom. The van der Waals surface area contributed by atoms with Crippen LogP contribution in [-0.2, 0) is 30.5 Å². The minimum Gasteiger partial charge on any atom is -0.352 e. The second kappa shape index (κ2) is 7.51. The molecule has 0 radical (unpaired) electrons. The van der Waals surface area contributed by atoms with Crippen LogP contribution in [-0.4, -0.2) is 15.7 Å². The first-order valence-electron chi connectivity index (χ1n) is 7.75. The third-order valence-electron chi connectivity index (χ3n) is 3.74. The predicted octanol–water partition coefficient (Wildman–Crippen LogP) is 3.48. The van der Waals surface area contributed by atoms with Gasteiger partial charge in [-0.25, -0.2) is 0 Å². The van der Waals surface area contributed by atoms with Gasteiger partial charge in [-0.2, -0.15) is 18.3 Å². The van der Waals surface area contributed by atoms with Crippen LogP contribution >= 0.6 is 0 Å². The van der Waals surface area contributed by atoms with E-state index in [4.69, 9.17) is 0 Å². The minimum absolute atomic E-state index is 0.0793. The van der Waals surface area contributed by atoms with Crippen molar-refractivity contribution in [2.45, 2.75) is 46.0 Å². The molecule has 0 aliphatic rings. The van der Waals surface area contributed by atoms with Crippen LogP contribution in [0.5, 0.6) is 0 Å². The van der Waals surface area contributed by atoms with E-state index in [0.717, 1.165) is 29.9 Å². The van der Waals surface area contributed by atoms with Crippen LogP contribution in [0.25, 0.3) is 0 Å². The van der Waals surface area contributed by atoms with E-state index in [1.807, 2.05) is 24.7 Å². The number of benzene rings is 1. The Bertz CT molecular complexity index is 707. The van der Waals surface area contributed by atoms with E-state index in [1.165, 1.54) is 6.07 Å². The number of hydrogen-bond acceptors (Lipinski definition) is 2. The summed E-state index contributed by atoms with van der Waals surface area (Å²) < 4.78 is 39.8. The highest BCUT2D eigenvalue weighted by Gasteiger charge is 2.30. The summed E-state index contributed by atoms with van der Waals surface area (Å²) in [6, 6.07) is 4.97. The molecule has 2 aromatic rings. The fourth-order valence-electron chi connectivity index (χ4n) is 2.36. The number of aryl methyl sites for hydroxylation is 3. The van der Waals surface area contributed by atoms with Crippen LogP contribution in [0.15, 0.2) is 30.5 Å². The van der Waals surface area contributed by atoms with Crippen LogP contribution in [0.2, 0.25) is 0 Å². The predicted molar refractivity (Wildman–Crippen MR) is 84.2 cm³/mol. The van der Waals surface area contributed by atoms with Crippen LogP contribution < -0.4 is 5.32 Å². The highest BCUT2D eigenvalue weighted by molar-refractivity contribution is 5.76. The summed E-state index contributed by atoms with van der Waals surface area (Å²) in [5.74, 6) is -0.198. The molecule has 1 N–H and O–H groups in total. The van der Waals surface area contributed by atoms with Crippen molar-refractivity contribution >= 4 is 5.91 Å². The van der Waals surface area contributed by atoms with Crippen molar-refractivity contribution in [3.63, 3.8) is 0 Å². The number of nitrogens with zero attached hydrogens (tertiary/aromatic N) is 2. The first-order chi connectivity index (χ1) is 11.3. The summed E-state index contributed by atoms with van der Waals surface area (Å²) in [5, 5.41) is 6.97. The zero-order valence-electron chi connectivity index (χ0n) is 13.7. The Hall–Kier alpha value is -2.31. The molecule has 0 saturated carbocycles.